The molecule has 0 unspecified atom stereocenters. The van der Waals surface area contributed by atoms with Crippen molar-refractivity contribution in [1.29, 1.82) is 0 Å². The molecule has 0 aliphatic carbocycles. The number of nitrogens with zero attached hydrogens (tertiary/aromatic N) is 3. The normalized spacial score (nSPS) is 20.5. The van der Waals surface area contributed by atoms with Gasteiger partial charge in [0.2, 0.25) is 5.91 Å². The number of anilines is 2. The van der Waals surface area contributed by atoms with Crippen molar-refractivity contribution in [1.82, 2.24) is 25.3 Å². The smallest absolute Gasteiger partial charge is 0.322 e. The van der Waals surface area contributed by atoms with E-state index in [1.807, 2.05) is 34.1 Å². The summed E-state index contributed by atoms with van der Waals surface area (Å²) < 4.78 is 0. The van der Waals surface area contributed by atoms with E-state index in [2.05, 4.69) is 21.9 Å². The summed E-state index contributed by atoms with van der Waals surface area (Å²) in [5, 5.41) is 9.91. The highest BCUT2D eigenvalue weighted by atomic mass is 35.5. The van der Waals surface area contributed by atoms with Crippen molar-refractivity contribution in [3.05, 3.63) is 58.1 Å². The second kappa shape index (κ2) is 14.9. The van der Waals surface area contributed by atoms with Crippen molar-refractivity contribution in [3.8, 4) is 12.3 Å². The lowest BCUT2D eigenvalue weighted by molar-refractivity contribution is -0.135. The van der Waals surface area contributed by atoms with Gasteiger partial charge in [0.1, 0.15) is 6.04 Å². The maximum Gasteiger partial charge on any atom is 0.322 e. The molecule has 4 aliphatic rings. The van der Waals surface area contributed by atoms with Crippen molar-refractivity contribution in [2.45, 2.75) is 63.5 Å². The number of nitrogens with one attached hydrogen (secondary N) is 3. The van der Waals surface area contributed by atoms with Crippen LogP contribution >= 0.6 is 11.6 Å². The zero-order chi connectivity index (χ0) is 32.9. The number of urea groups is 2. The zero-order valence-corrected chi connectivity index (χ0v) is 27.7. The van der Waals surface area contributed by atoms with Crippen LogP contribution in [-0.2, 0) is 17.6 Å². The Morgan fingerprint density at radius 3 is 2.38 bits per heavy atom. The third-order valence-corrected chi connectivity index (χ3v) is 10.9. The molecular formula is C36H46ClN7O3. The molecule has 10 nitrogen and oxygen atoms in total. The molecule has 5 amide bonds. The highest BCUT2D eigenvalue weighted by Gasteiger charge is 2.35. The van der Waals surface area contributed by atoms with Crippen molar-refractivity contribution in [2.24, 2.45) is 11.8 Å². The van der Waals surface area contributed by atoms with E-state index in [1.54, 1.807) is 17.0 Å². The Bertz CT molecular complexity index is 1500. The van der Waals surface area contributed by atoms with Gasteiger partial charge < -0.3 is 36.4 Å². The summed E-state index contributed by atoms with van der Waals surface area (Å²) in [5.41, 5.74) is 9.60. The molecular weight excluding hydrogens is 614 g/mol. The summed E-state index contributed by atoms with van der Waals surface area (Å²) in [7, 11) is 0. The lowest BCUT2D eigenvalue weighted by Crippen LogP contribution is -2.57. The molecule has 0 bridgehead atoms. The molecule has 1 atom stereocenters. The summed E-state index contributed by atoms with van der Waals surface area (Å²) in [4.78, 5) is 46.4. The number of fused-ring (bicyclic) bond motifs is 1. The number of nitrogen functional groups attached to an aromatic ring is 1. The van der Waals surface area contributed by atoms with Crippen LogP contribution < -0.4 is 21.7 Å². The molecule has 5 N–H and O–H groups in total. The monoisotopic (exact) mass is 659 g/mol. The third-order valence-electron chi connectivity index (χ3n) is 10.6. The van der Waals surface area contributed by atoms with Gasteiger partial charge in [0.25, 0.3) is 0 Å². The lowest BCUT2D eigenvalue weighted by atomic mass is 9.79. The molecule has 6 rings (SSSR count). The second-order valence-electron chi connectivity index (χ2n) is 13.4. The van der Waals surface area contributed by atoms with Crippen LogP contribution in [0, 0.1) is 24.2 Å². The first kappa shape index (κ1) is 33.0. The Kier molecular flexibility index (Phi) is 10.4. The summed E-state index contributed by atoms with van der Waals surface area (Å²) in [6.45, 7) is 5.12. The Morgan fingerprint density at radius 2 is 1.66 bits per heavy atom. The van der Waals surface area contributed by atoms with E-state index >= 15 is 0 Å². The molecule has 0 aromatic heterocycles. The largest absolute Gasteiger partial charge is 0.397 e. The number of rotatable bonds is 6. The van der Waals surface area contributed by atoms with Crippen LogP contribution in [0.3, 0.4) is 0 Å². The molecule has 11 heteroatoms. The van der Waals surface area contributed by atoms with Gasteiger partial charge in [-0.25, -0.2) is 9.59 Å². The number of carbonyl (C=O) groups excluding carboxylic acids is 3. The summed E-state index contributed by atoms with van der Waals surface area (Å²) in [6, 6.07) is 10.3. The van der Waals surface area contributed by atoms with Gasteiger partial charge in [-0.1, -0.05) is 35.7 Å². The van der Waals surface area contributed by atoms with Crippen LogP contribution in [0.25, 0.3) is 0 Å². The first-order valence-corrected chi connectivity index (χ1v) is 17.4. The Balaban J connectivity index is 1.10. The van der Waals surface area contributed by atoms with Gasteiger partial charge in [0, 0.05) is 56.4 Å². The second-order valence-corrected chi connectivity index (χ2v) is 13.8. The van der Waals surface area contributed by atoms with E-state index in [9.17, 15) is 14.4 Å². The Morgan fingerprint density at radius 1 is 0.979 bits per heavy atom. The summed E-state index contributed by atoms with van der Waals surface area (Å²) in [6.07, 6.45) is 12.4. The molecule has 47 heavy (non-hydrogen) atoms. The first-order chi connectivity index (χ1) is 22.8. The van der Waals surface area contributed by atoms with Crippen LogP contribution in [0.5, 0.6) is 0 Å². The number of piperidine rings is 3. The van der Waals surface area contributed by atoms with Gasteiger partial charge in [0.15, 0.2) is 0 Å². The topological polar surface area (TPSA) is 123 Å². The van der Waals surface area contributed by atoms with Crippen LogP contribution in [0.4, 0.5) is 21.0 Å². The number of amides is 5. The summed E-state index contributed by atoms with van der Waals surface area (Å²) >= 11 is 6.40. The number of terminal acetylenes is 1. The van der Waals surface area contributed by atoms with E-state index in [0.717, 1.165) is 49.2 Å². The Hall–Kier alpha value is -3.94. The van der Waals surface area contributed by atoms with Crippen molar-refractivity contribution < 1.29 is 14.4 Å². The molecule has 4 heterocycles. The quantitative estimate of drug-likeness (QED) is 0.272. The first-order valence-electron chi connectivity index (χ1n) is 17.1. The fourth-order valence-corrected chi connectivity index (χ4v) is 8.08. The number of likely N-dealkylation sites (tertiary alicyclic amines) is 2. The highest BCUT2D eigenvalue weighted by Crippen LogP contribution is 2.32. The minimum absolute atomic E-state index is 0.0335. The SMILES string of the molecule is C#Cc1cc(C[C@@H](NC(=O)N2CCC(N3CCc4ccccc4NC3=O)CC2)C(=O)N2CCC(C3CCNCC3)CC2)cc(Cl)c1N. The molecule has 0 spiro atoms. The molecule has 2 aromatic carbocycles. The molecule has 0 saturated carbocycles. The number of hydrogen-bond donors (Lipinski definition) is 4. The van der Waals surface area contributed by atoms with Crippen LogP contribution in [0.1, 0.15) is 55.2 Å². The van der Waals surface area contributed by atoms with Gasteiger partial charge >= 0.3 is 12.1 Å². The number of nitrogens with two attached hydrogens (primary N) is 1. The molecule has 2 aromatic rings. The number of carbonyl (C=O) groups is 3. The van der Waals surface area contributed by atoms with Crippen molar-refractivity contribution in [3.63, 3.8) is 0 Å². The van der Waals surface area contributed by atoms with E-state index in [4.69, 9.17) is 23.8 Å². The van der Waals surface area contributed by atoms with Gasteiger partial charge in [-0.3, -0.25) is 4.79 Å². The third kappa shape index (κ3) is 7.63. The van der Waals surface area contributed by atoms with E-state index < -0.39 is 6.04 Å². The maximum atomic E-state index is 14.1. The van der Waals surface area contributed by atoms with Crippen molar-refractivity contribution >= 4 is 40.9 Å². The highest BCUT2D eigenvalue weighted by molar-refractivity contribution is 6.33. The minimum Gasteiger partial charge on any atom is -0.397 e. The van der Waals surface area contributed by atoms with Crippen molar-refractivity contribution in [2.75, 3.05) is 56.9 Å². The van der Waals surface area contributed by atoms with Gasteiger partial charge in [0.05, 0.1) is 10.7 Å². The van der Waals surface area contributed by atoms with Gasteiger partial charge in [-0.05, 0) is 99.2 Å². The number of para-hydroxylation sites is 1. The standard InChI is InChI=1S/C36H46ClN7O3/c1-2-25-21-24(22-30(37)33(25)38)23-32(34(45)42-16-9-27(10-17-42)26-7-14-39-15-8-26)41-35(46)43-18-12-29(13-19-43)44-20-11-28-5-3-4-6-31(28)40-36(44)47/h1,3-6,21-22,26-27,29,32,39H,7-20,23,38H2,(H,40,47)(H,41,46)/t32-/m1/s1. The van der Waals surface area contributed by atoms with E-state index in [1.165, 1.54) is 12.8 Å². The van der Waals surface area contributed by atoms with Crippen LogP contribution in [0.2, 0.25) is 5.02 Å². The fraction of sp³-hybridized carbons (Fsp3) is 0.528. The fourth-order valence-electron chi connectivity index (χ4n) is 7.83. The molecule has 0 radical (unpaired) electrons. The number of benzene rings is 2. The molecule has 4 aliphatic heterocycles. The van der Waals surface area contributed by atoms with Crippen LogP contribution in [-0.4, -0.2) is 90.6 Å². The molecule has 250 valence electrons. The molecule has 3 saturated heterocycles. The maximum absolute atomic E-state index is 14.1. The van der Waals surface area contributed by atoms with Gasteiger partial charge in [-0.2, -0.15) is 0 Å². The predicted octanol–water partition coefficient (Wildman–Crippen LogP) is 4.32. The van der Waals surface area contributed by atoms with Crippen LogP contribution in [0.15, 0.2) is 36.4 Å². The predicted molar refractivity (Wildman–Crippen MR) is 185 cm³/mol. The average Bonchev–Trinajstić information content (AvgIpc) is 3.27. The zero-order valence-electron chi connectivity index (χ0n) is 27.0. The van der Waals surface area contributed by atoms with Gasteiger partial charge in [-0.15, -0.1) is 6.42 Å². The molecule has 3 fully saturated rings. The Labute approximate surface area is 282 Å². The average molecular weight is 660 g/mol. The van der Waals surface area contributed by atoms with E-state index in [0.29, 0.717) is 73.7 Å². The number of hydrogen-bond acceptors (Lipinski definition) is 5. The summed E-state index contributed by atoms with van der Waals surface area (Å²) in [5.74, 6) is 3.83. The number of halogens is 1. The van der Waals surface area contributed by atoms with E-state index in [-0.39, 0.29) is 30.4 Å². The lowest BCUT2D eigenvalue weighted by Gasteiger charge is -2.40. The minimum atomic E-state index is -0.782.